The van der Waals surface area contributed by atoms with Crippen LogP contribution in [0.1, 0.15) is 27.7 Å². The number of aromatic nitrogens is 2. The van der Waals surface area contributed by atoms with Crippen LogP contribution in [0.4, 0.5) is 34.4 Å². The van der Waals surface area contributed by atoms with Gasteiger partial charge in [0, 0.05) is 41.3 Å². The van der Waals surface area contributed by atoms with Gasteiger partial charge >= 0.3 is 0 Å². The summed E-state index contributed by atoms with van der Waals surface area (Å²) in [5, 5.41) is 23.1. The van der Waals surface area contributed by atoms with Crippen LogP contribution in [-0.4, -0.2) is 53.2 Å². The van der Waals surface area contributed by atoms with Crippen LogP contribution in [0.25, 0.3) is 0 Å². The van der Waals surface area contributed by atoms with Gasteiger partial charge in [-0.05, 0) is 67.1 Å². The summed E-state index contributed by atoms with van der Waals surface area (Å²) in [6.45, 7) is 8.08. The van der Waals surface area contributed by atoms with E-state index in [4.69, 9.17) is 16.3 Å². The smallest absolute Gasteiger partial charge is 0.255 e. The van der Waals surface area contributed by atoms with Gasteiger partial charge < -0.3 is 36.0 Å². The highest BCUT2D eigenvalue weighted by atomic mass is 35.5. The standard InChI is InChI=1S/C32H32ClN7O4/c1-3-29(41)36-22-5-4-6-23(16-22)39-32-34-18-25(19-35-32)38-31(43)26-17-24(9-7-20(26)2)37-30(42)21-8-10-28(27(33)15-21)40-11-13-44-14-12-40/h3-10,15-19,31,38,43H,1,11-14H2,2H3,(H,36,41)(H,37,42)(H,34,35,39). The number of carbonyl (C=O) groups excluding carboxylic acids is 2. The molecular formula is C32H32ClN7O4. The van der Waals surface area contributed by atoms with Crippen molar-refractivity contribution in [1.82, 2.24) is 9.97 Å². The Kier molecular flexibility index (Phi) is 9.70. The van der Waals surface area contributed by atoms with Crippen molar-refractivity contribution < 1.29 is 19.4 Å². The molecule has 2 amide bonds. The second-order valence-corrected chi connectivity index (χ2v) is 10.4. The summed E-state index contributed by atoms with van der Waals surface area (Å²) in [7, 11) is 0. The minimum atomic E-state index is -1.10. The summed E-state index contributed by atoms with van der Waals surface area (Å²) in [6, 6.07) is 17.6. The Morgan fingerprint density at radius 3 is 2.43 bits per heavy atom. The molecule has 11 nitrogen and oxygen atoms in total. The van der Waals surface area contributed by atoms with Gasteiger partial charge in [0.2, 0.25) is 11.9 Å². The molecule has 1 fully saturated rings. The number of anilines is 6. The van der Waals surface area contributed by atoms with Crippen LogP contribution in [0.2, 0.25) is 5.02 Å². The molecule has 1 saturated heterocycles. The molecule has 0 radical (unpaired) electrons. The molecule has 1 atom stereocenters. The van der Waals surface area contributed by atoms with E-state index >= 15 is 0 Å². The lowest BCUT2D eigenvalue weighted by Crippen LogP contribution is -2.36. The van der Waals surface area contributed by atoms with E-state index in [9.17, 15) is 14.7 Å². The lowest BCUT2D eigenvalue weighted by molar-refractivity contribution is -0.111. The van der Waals surface area contributed by atoms with Crippen molar-refractivity contribution in [3.8, 4) is 0 Å². The number of amides is 2. The van der Waals surface area contributed by atoms with E-state index < -0.39 is 6.23 Å². The van der Waals surface area contributed by atoms with Gasteiger partial charge in [-0.1, -0.05) is 30.3 Å². The van der Waals surface area contributed by atoms with Crippen LogP contribution >= 0.6 is 11.6 Å². The fraction of sp³-hybridized carbons (Fsp3) is 0.188. The lowest BCUT2D eigenvalue weighted by atomic mass is 10.1. The summed E-state index contributed by atoms with van der Waals surface area (Å²) in [6.07, 6.45) is 3.17. The van der Waals surface area contributed by atoms with E-state index in [1.54, 1.807) is 42.5 Å². The molecule has 2 heterocycles. The zero-order chi connectivity index (χ0) is 31.1. The van der Waals surface area contributed by atoms with Gasteiger partial charge in [0.1, 0.15) is 0 Å². The first-order valence-electron chi connectivity index (χ1n) is 13.9. The van der Waals surface area contributed by atoms with Crippen LogP contribution in [0.5, 0.6) is 0 Å². The van der Waals surface area contributed by atoms with Gasteiger partial charge in [0.15, 0.2) is 6.23 Å². The first kappa shape index (κ1) is 30.5. The molecule has 0 bridgehead atoms. The predicted octanol–water partition coefficient (Wildman–Crippen LogP) is 5.50. The second-order valence-electron chi connectivity index (χ2n) is 10.0. The third-order valence-corrected chi connectivity index (χ3v) is 7.22. The topological polar surface area (TPSA) is 141 Å². The number of halogens is 1. The van der Waals surface area contributed by atoms with E-state index in [0.717, 1.165) is 24.3 Å². The number of morpholine rings is 1. The molecular weight excluding hydrogens is 582 g/mol. The Hall–Kier alpha value is -4.97. The van der Waals surface area contributed by atoms with Crippen LogP contribution in [0.15, 0.2) is 85.7 Å². The van der Waals surface area contributed by atoms with E-state index in [0.29, 0.717) is 58.1 Å². The molecule has 1 aromatic heterocycles. The van der Waals surface area contributed by atoms with Gasteiger partial charge in [-0.3, -0.25) is 9.59 Å². The van der Waals surface area contributed by atoms with Crippen molar-refractivity contribution in [2.45, 2.75) is 13.2 Å². The quantitative estimate of drug-likeness (QED) is 0.116. The van der Waals surface area contributed by atoms with Crippen LogP contribution in [0, 0.1) is 6.92 Å². The van der Waals surface area contributed by atoms with Crippen molar-refractivity contribution >= 4 is 57.8 Å². The largest absolute Gasteiger partial charge is 0.378 e. The molecule has 44 heavy (non-hydrogen) atoms. The summed E-state index contributed by atoms with van der Waals surface area (Å²) >= 11 is 6.52. The Morgan fingerprint density at radius 2 is 1.70 bits per heavy atom. The first-order valence-corrected chi connectivity index (χ1v) is 14.3. The van der Waals surface area contributed by atoms with E-state index in [1.807, 2.05) is 25.1 Å². The Morgan fingerprint density at radius 1 is 0.977 bits per heavy atom. The molecule has 0 aliphatic carbocycles. The van der Waals surface area contributed by atoms with Crippen LogP contribution in [0.3, 0.4) is 0 Å². The number of nitrogens with zero attached hydrogens (tertiary/aromatic N) is 3. The SMILES string of the molecule is C=CC(=O)Nc1cccc(Nc2ncc(NC(O)c3cc(NC(=O)c4ccc(N5CCOCC5)c(Cl)c4)ccc3C)cn2)c1. The maximum Gasteiger partial charge on any atom is 0.255 e. The van der Waals surface area contributed by atoms with E-state index in [2.05, 4.69) is 42.7 Å². The number of nitrogens with one attached hydrogen (secondary N) is 4. The number of hydrogen-bond acceptors (Lipinski definition) is 9. The normalized spacial score (nSPS) is 13.5. The Bertz CT molecular complexity index is 1660. The first-order chi connectivity index (χ1) is 21.3. The number of benzene rings is 3. The third kappa shape index (κ3) is 7.70. The monoisotopic (exact) mass is 613 g/mol. The average molecular weight is 614 g/mol. The zero-order valence-corrected chi connectivity index (χ0v) is 24.8. The van der Waals surface area contributed by atoms with Gasteiger partial charge in [-0.15, -0.1) is 0 Å². The minimum Gasteiger partial charge on any atom is -0.378 e. The Balaban J connectivity index is 1.21. The van der Waals surface area contributed by atoms with Crippen LogP contribution < -0.4 is 26.2 Å². The lowest BCUT2D eigenvalue weighted by Gasteiger charge is -2.29. The van der Waals surface area contributed by atoms with E-state index in [-0.39, 0.29) is 11.8 Å². The highest BCUT2D eigenvalue weighted by molar-refractivity contribution is 6.33. The highest BCUT2D eigenvalue weighted by Gasteiger charge is 2.17. The zero-order valence-electron chi connectivity index (χ0n) is 24.0. The number of aryl methyl sites for hydroxylation is 1. The van der Waals surface area contributed by atoms with Crippen molar-refractivity contribution in [1.29, 1.82) is 0 Å². The van der Waals surface area contributed by atoms with Crippen LogP contribution in [-0.2, 0) is 9.53 Å². The molecule has 226 valence electrons. The molecule has 1 unspecified atom stereocenters. The number of aliphatic hydroxyl groups excluding tert-OH is 1. The predicted molar refractivity (Wildman–Crippen MR) is 173 cm³/mol. The molecule has 5 N–H and O–H groups in total. The Labute approximate surface area is 259 Å². The fourth-order valence-electron chi connectivity index (χ4n) is 4.62. The van der Waals surface area contributed by atoms with Gasteiger partial charge in [0.05, 0.1) is 42.0 Å². The molecule has 3 aromatic carbocycles. The highest BCUT2D eigenvalue weighted by Crippen LogP contribution is 2.29. The molecule has 1 aliphatic heterocycles. The van der Waals surface area contributed by atoms with Crippen molar-refractivity contribution in [2.75, 3.05) is 52.5 Å². The molecule has 4 aromatic rings. The summed E-state index contributed by atoms with van der Waals surface area (Å²) in [5.41, 5.74) is 4.97. The maximum atomic E-state index is 13.0. The van der Waals surface area contributed by atoms with Crippen molar-refractivity contribution in [2.24, 2.45) is 0 Å². The molecule has 0 saturated carbocycles. The molecule has 5 rings (SSSR count). The molecule has 1 aliphatic rings. The van der Waals surface area contributed by atoms with Gasteiger partial charge in [-0.25, -0.2) is 9.97 Å². The summed E-state index contributed by atoms with van der Waals surface area (Å²) in [5.74, 6) is -0.297. The third-order valence-electron chi connectivity index (χ3n) is 6.92. The number of rotatable bonds is 10. The van der Waals surface area contributed by atoms with Gasteiger partial charge in [0.25, 0.3) is 5.91 Å². The van der Waals surface area contributed by atoms with Crippen molar-refractivity contribution in [3.05, 3.63) is 107 Å². The maximum absolute atomic E-state index is 13.0. The molecule has 12 heteroatoms. The van der Waals surface area contributed by atoms with Crippen molar-refractivity contribution in [3.63, 3.8) is 0 Å². The van der Waals surface area contributed by atoms with E-state index in [1.165, 1.54) is 18.5 Å². The number of carbonyl (C=O) groups is 2. The van der Waals surface area contributed by atoms with Gasteiger partial charge in [-0.2, -0.15) is 0 Å². The number of hydrogen-bond donors (Lipinski definition) is 5. The number of aliphatic hydroxyl groups is 1. The summed E-state index contributed by atoms with van der Waals surface area (Å²) < 4.78 is 5.41. The molecule has 0 spiro atoms. The number of ether oxygens (including phenoxy) is 1. The fourth-order valence-corrected chi connectivity index (χ4v) is 4.92. The average Bonchev–Trinajstić information content (AvgIpc) is 3.03. The minimum absolute atomic E-state index is 0.310. The second kappa shape index (κ2) is 14.0. The summed E-state index contributed by atoms with van der Waals surface area (Å²) in [4.78, 5) is 35.3.